The third kappa shape index (κ3) is 4.83. The summed E-state index contributed by atoms with van der Waals surface area (Å²) in [6.45, 7) is 0. The Balaban J connectivity index is 1.34. The third-order valence-electron chi connectivity index (χ3n) is 5.32. The van der Waals surface area contributed by atoms with E-state index in [1.807, 2.05) is 94.1 Å². The van der Waals surface area contributed by atoms with Gasteiger partial charge in [0.25, 0.3) is 0 Å². The molecule has 2 nitrogen and oxygen atoms in total. The minimum Gasteiger partial charge on any atom is -0.495 e. The summed E-state index contributed by atoms with van der Waals surface area (Å²) >= 11 is 15.5. The Morgan fingerprint density at radius 1 is 0.559 bits per heavy atom. The average Bonchev–Trinajstić information content (AvgIpc) is 3.46. The van der Waals surface area contributed by atoms with Crippen LogP contribution in [0, 0.1) is 0 Å². The lowest BCUT2D eigenvalue weighted by Gasteiger charge is -2.14. The van der Waals surface area contributed by atoms with E-state index in [4.69, 9.17) is 9.47 Å². The van der Waals surface area contributed by atoms with E-state index in [2.05, 4.69) is 36.4 Å². The topological polar surface area (TPSA) is 18.5 Å². The Hall–Kier alpha value is 0.0600. The maximum atomic E-state index is 5.95. The zero-order valence-electron chi connectivity index (χ0n) is 18.4. The van der Waals surface area contributed by atoms with E-state index in [1.54, 1.807) is 14.2 Å². The van der Waals surface area contributed by atoms with Gasteiger partial charge in [-0.15, -0.1) is 47.0 Å². The van der Waals surface area contributed by atoms with Crippen LogP contribution < -0.4 is 9.47 Å². The summed E-state index contributed by atoms with van der Waals surface area (Å²) in [5.74, 6) is 6.63. The first-order chi connectivity index (χ1) is 16.7. The summed E-state index contributed by atoms with van der Waals surface area (Å²) in [6, 6.07) is 8.68. The highest BCUT2D eigenvalue weighted by molar-refractivity contribution is 8.42. The van der Waals surface area contributed by atoms with Gasteiger partial charge in [0.05, 0.1) is 39.6 Å². The lowest BCUT2D eigenvalue weighted by atomic mass is 10.0. The molecule has 176 valence electrons. The van der Waals surface area contributed by atoms with Crippen molar-refractivity contribution in [3.63, 3.8) is 0 Å². The van der Waals surface area contributed by atoms with E-state index < -0.39 is 0 Å². The van der Waals surface area contributed by atoms with Crippen LogP contribution in [0.5, 0.6) is 11.5 Å². The van der Waals surface area contributed by atoms with Gasteiger partial charge in [0, 0.05) is 44.9 Å². The molecule has 0 N–H and O–H groups in total. The first-order valence-corrected chi connectivity index (χ1v) is 17.8. The molecule has 2 aromatic carbocycles. The monoisotopic (exact) mass is 596 g/mol. The molecule has 0 saturated heterocycles. The molecule has 4 aliphatic heterocycles. The van der Waals surface area contributed by atoms with Gasteiger partial charge in [-0.25, -0.2) is 0 Å². The molecule has 0 amide bonds. The average molecular weight is 597 g/mol. The highest BCUT2D eigenvalue weighted by Crippen LogP contribution is 2.61. The fourth-order valence-corrected chi connectivity index (χ4v) is 15.7. The number of benzene rings is 2. The molecule has 6 rings (SSSR count). The second-order valence-electron chi connectivity index (χ2n) is 7.35. The van der Waals surface area contributed by atoms with E-state index >= 15 is 0 Å². The van der Waals surface area contributed by atoms with Crippen LogP contribution in [0.15, 0.2) is 49.7 Å². The molecule has 10 heteroatoms. The lowest BCUT2D eigenvalue weighted by Crippen LogP contribution is -1.94. The molecule has 0 bridgehead atoms. The quantitative estimate of drug-likeness (QED) is 0.338. The van der Waals surface area contributed by atoms with Crippen molar-refractivity contribution < 1.29 is 9.47 Å². The Kier molecular flexibility index (Phi) is 7.76. The van der Waals surface area contributed by atoms with Crippen molar-refractivity contribution in [2.24, 2.45) is 0 Å². The molecule has 0 aromatic heterocycles. The van der Waals surface area contributed by atoms with Crippen LogP contribution in [0.2, 0.25) is 0 Å². The summed E-state index contributed by atoms with van der Waals surface area (Å²) in [5.41, 5.74) is 2.22. The van der Waals surface area contributed by atoms with Crippen LogP contribution in [0.1, 0.15) is 11.1 Å². The molecule has 0 saturated carbocycles. The van der Waals surface area contributed by atoms with Crippen molar-refractivity contribution in [2.45, 2.75) is 0 Å². The van der Waals surface area contributed by atoms with Crippen LogP contribution in [0.3, 0.4) is 0 Å². The van der Waals surface area contributed by atoms with Crippen molar-refractivity contribution in [3.8, 4) is 11.5 Å². The number of ether oxygens (including phenoxy) is 2. The van der Waals surface area contributed by atoms with Gasteiger partial charge in [0.2, 0.25) is 0 Å². The smallest absolute Gasteiger partial charge is 0.134 e. The SMILES string of the molecule is COc1c(C=C2SC3=C(SCCS3)S2)ccc2c(OC)c(C=C3SC4=C(SCCS4)S3)ccc12. The molecule has 0 aliphatic carbocycles. The van der Waals surface area contributed by atoms with Crippen LogP contribution in [0.25, 0.3) is 22.9 Å². The minimum absolute atomic E-state index is 0.906. The highest BCUT2D eigenvalue weighted by atomic mass is 32.3. The van der Waals surface area contributed by atoms with E-state index in [1.165, 1.54) is 48.4 Å². The molecule has 0 unspecified atom stereocenters. The third-order valence-corrected chi connectivity index (χ3v) is 16.6. The standard InChI is InChI=1S/C24H20O2S8/c1-25-19-13(11-17-31-21-22(32-17)28-8-7-27-21)3-6-16-15(19)5-4-14(20(16)26-2)12-18-33-23-24(34-18)30-10-9-29-23/h3-6,11-12H,7-10H2,1-2H3. The van der Waals surface area contributed by atoms with Crippen LogP contribution in [-0.4, -0.2) is 37.2 Å². The van der Waals surface area contributed by atoms with Crippen molar-refractivity contribution >= 4 is 117 Å². The number of hydrogen-bond acceptors (Lipinski definition) is 10. The van der Waals surface area contributed by atoms with Crippen LogP contribution in [-0.2, 0) is 0 Å². The molecule has 2 aromatic rings. The highest BCUT2D eigenvalue weighted by Gasteiger charge is 2.27. The van der Waals surface area contributed by atoms with Crippen molar-refractivity contribution in [2.75, 3.05) is 37.2 Å². The summed E-state index contributed by atoms with van der Waals surface area (Å²) in [5, 5.41) is 2.17. The van der Waals surface area contributed by atoms with Gasteiger partial charge < -0.3 is 9.47 Å². The molecule has 0 spiro atoms. The van der Waals surface area contributed by atoms with Gasteiger partial charge in [-0.05, 0) is 24.3 Å². The Bertz CT molecular complexity index is 1150. The summed E-state index contributed by atoms with van der Waals surface area (Å²) < 4.78 is 20.4. The Labute approximate surface area is 234 Å². The summed E-state index contributed by atoms with van der Waals surface area (Å²) in [4.78, 5) is 0. The van der Waals surface area contributed by atoms with Gasteiger partial charge in [0.1, 0.15) is 11.5 Å². The van der Waals surface area contributed by atoms with E-state index in [9.17, 15) is 0 Å². The zero-order chi connectivity index (χ0) is 23.1. The van der Waals surface area contributed by atoms with Gasteiger partial charge in [-0.2, -0.15) is 0 Å². The number of fused-ring (bicyclic) bond motifs is 1. The maximum Gasteiger partial charge on any atom is 0.134 e. The molecule has 4 heterocycles. The first kappa shape index (κ1) is 24.4. The number of rotatable bonds is 4. The summed E-state index contributed by atoms with van der Waals surface area (Å²) in [6.07, 6.45) is 4.54. The predicted octanol–water partition coefficient (Wildman–Crippen LogP) is 9.63. The maximum absolute atomic E-state index is 5.95. The summed E-state index contributed by atoms with van der Waals surface area (Å²) in [7, 11) is 3.53. The largest absolute Gasteiger partial charge is 0.495 e. The second-order valence-corrected chi connectivity index (χ2v) is 17.5. The molecular weight excluding hydrogens is 577 g/mol. The normalized spacial score (nSPS) is 20.1. The fourth-order valence-electron chi connectivity index (χ4n) is 3.90. The van der Waals surface area contributed by atoms with Crippen LogP contribution in [0.4, 0.5) is 0 Å². The van der Waals surface area contributed by atoms with E-state index in [0.29, 0.717) is 0 Å². The first-order valence-electron chi connectivity index (χ1n) is 10.6. The lowest BCUT2D eigenvalue weighted by molar-refractivity contribution is 0.414. The zero-order valence-corrected chi connectivity index (χ0v) is 24.9. The van der Waals surface area contributed by atoms with Gasteiger partial charge >= 0.3 is 0 Å². The molecule has 4 aliphatic rings. The molecule has 0 radical (unpaired) electrons. The number of thioether (sulfide) groups is 8. The molecule has 34 heavy (non-hydrogen) atoms. The number of methoxy groups -OCH3 is 2. The van der Waals surface area contributed by atoms with Crippen molar-refractivity contribution in [1.82, 2.24) is 0 Å². The van der Waals surface area contributed by atoms with Crippen molar-refractivity contribution in [3.05, 3.63) is 60.8 Å². The fraction of sp³-hybridized carbons (Fsp3) is 0.250. The Morgan fingerprint density at radius 2 is 0.912 bits per heavy atom. The number of hydrogen-bond donors (Lipinski definition) is 0. The van der Waals surface area contributed by atoms with Gasteiger partial charge in [-0.1, -0.05) is 59.2 Å². The second kappa shape index (κ2) is 10.8. The predicted molar refractivity (Wildman–Crippen MR) is 167 cm³/mol. The van der Waals surface area contributed by atoms with Gasteiger partial charge in [-0.3, -0.25) is 0 Å². The molecule has 0 atom stereocenters. The Morgan fingerprint density at radius 3 is 1.24 bits per heavy atom. The minimum atomic E-state index is 0.906. The van der Waals surface area contributed by atoms with Crippen molar-refractivity contribution in [1.29, 1.82) is 0 Å². The molecular formula is C24H20O2S8. The van der Waals surface area contributed by atoms with E-state index in [0.717, 1.165) is 33.4 Å². The van der Waals surface area contributed by atoms with Gasteiger partial charge in [0.15, 0.2) is 0 Å². The molecule has 0 fully saturated rings. The van der Waals surface area contributed by atoms with Crippen LogP contribution >= 0.6 is 94.1 Å². The van der Waals surface area contributed by atoms with E-state index in [-0.39, 0.29) is 0 Å².